The van der Waals surface area contributed by atoms with Gasteiger partial charge in [0.15, 0.2) is 11.3 Å². The van der Waals surface area contributed by atoms with Crippen LogP contribution in [-0.2, 0) is 9.59 Å². The molecule has 0 spiro atoms. The van der Waals surface area contributed by atoms with Crippen LogP contribution < -0.4 is 32.7 Å². The maximum atomic E-state index is 13.1. The average Bonchev–Trinajstić information content (AvgIpc) is 3.60. The third kappa shape index (κ3) is 6.73. The molecule has 8 N–H and O–H groups in total. The summed E-state index contributed by atoms with van der Waals surface area (Å²) in [7, 11) is 0. The van der Waals surface area contributed by atoms with Crippen LogP contribution in [-0.4, -0.2) is 61.5 Å². The molecule has 2 aliphatic rings. The summed E-state index contributed by atoms with van der Waals surface area (Å²) in [5.41, 5.74) is 13.0. The summed E-state index contributed by atoms with van der Waals surface area (Å²) >= 11 is 5.95. The summed E-state index contributed by atoms with van der Waals surface area (Å²) in [5.74, 6) is -0.739. The summed E-state index contributed by atoms with van der Waals surface area (Å²) in [4.78, 5) is 44.8. The molecule has 0 aromatic carbocycles. The van der Waals surface area contributed by atoms with E-state index in [-0.39, 0.29) is 41.2 Å². The number of nitrogens with one attached hydrogen (secondary N) is 4. The first kappa shape index (κ1) is 26.6. The van der Waals surface area contributed by atoms with Gasteiger partial charge in [0, 0.05) is 36.1 Å². The van der Waals surface area contributed by atoms with Gasteiger partial charge in [-0.25, -0.2) is 14.5 Å². The van der Waals surface area contributed by atoms with Crippen LogP contribution in [0.3, 0.4) is 0 Å². The Hall–Kier alpha value is -3.97. The minimum atomic E-state index is -0.941. The van der Waals surface area contributed by atoms with Gasteiger partial charge in [0.1, 0.15) is 11.0 Å². The normalized spacial score (nSPS) is 19.7. The Bertz CT molecular complexity index is 1380. The van der Waals surface area contributed by atoms with Gasteiger partial charge in [-0.15, -0.1) is 5.10 Å². The molecule has 13 nitrogen and oxygen atoms in total. The van der Waals surface area contributed by atoms with Gasteiger partial charge < -0.3 is 32.7 Å². The Labute approximate surface area is 229 Å². The second-order valence-electron chi connectivity index (χ2n) is 10.0. The van der Waals surface area contributed by atoms with Crippen molar-refractivity contribution in [2.24, 2.45) is 11.5 Å². The Balaban J connectivity index is 1.28. The highest BCUT2D eigenvalue weighted by Gasteiger charge is 2.27. The van der Waals surface area contributed by atoms with Gasteiger partial charge in [-0.1, -0.05) is 11.6 Å². The molecule has 3 aromatic rings. The summed E-state index contributed by atoms with van der Waals surface area (Å²) < 4.78 is 1.54. The average molecular weight is 555 g/mol. The number of primary amides is 1. The zero-order valence-electron chi connectivity index (χ0n) is 21.2. The molecule has 14 heteroatoms. The van der Waals surface area contributed by atoms with Crippen molar-refractivity contribution >= 4 is 52.2 Å². The van der Waals surface area contributed by atoms with Crippen LogP contribution in [0.5, 0.6) is 0 Å². The number of fused-ring (bicyclic) bond motifs is 1. The number of rotatable bonds is 10. The lowest BCUT2D eigenvalue weighted by Crippen LogP contribution is -2.48. The van der Waals surface area contributed by atoms with Gasteiger partial charge in [-0.2, -0.15) is 0 Å². The molecule has 1 atom stereocenters. The van der Waals surface area contributed by atoms with Crippen molar-refractivity contribution in [3.05, 3.63) is 41.4 Å². The van der Waals surface area contributed by atoms with Crippen molar-refractivity contribution in [1.82, 2.24) is 24.9 Å². The molecule has 2 aliphatic carbocycles. The molecule has 0 bridgehead atoms. The fourth-order valence-electron chi connectivity index (χ4n) is 4.63. The van der Waals surface area contributed by atoms with Gasteiger partial charge >= 0.3 is 0 Å². The molecule has 5 rings (SSSR count). The number of hydrogen-bond donors (Lipinski definition) is 6. The predicted molar refractivity (Wildman–Crippen MR) is 146 cm³/mol. The van der Waals surface area contributed by atoms with E-state index in [2.05, 4.69) is 36.3 Å². The number of halogens is 1. The number of hydrogen-bond acceptors (Lipinski definition) is 9. The summed E-state index contributed by atoms with van der Waals surface area (Å²) in [6.07, 6.45) is 8.06. The van der Waals surface area contributed by atoms with E-state index in [4.69, 9.17) is 23.1 Å². The third-order valence-electron chi connectivity index (χ3n) is 6.81. The topological polar surface area (TPSA) is 194 Å². The highest BCUT2D eigenvalue weighted by atomic mass is 35.5. The number of nitrogens with two attached hydrogens (primary N) is 2. The van der Waals surface area contributed by atoms with Crippen LogP contribution in [0.1, 0.15) is 55.4 Å². The summed E-state index contributed by atoms with van der Waals surface area (Å²) in [6, 6.07) is 4.66. The van der Waals surface area contributed by atoms with E-state index in [0.717, 1.165) is 44.2 Å². The van der Waals surface area contributed by atoms with E-state index in [1.807, 2.05) is 6.07 Å². The second kappa shape index (κ2) is 11.4. The standard InChI is InChI=1S/C25H31ClN10O3/c26-20-9-16(7-8-29-20)34-25(39)19-12-30-23-18(31-13-1-2-13)11-22(35-36(19)23)32-14-3-5-15(6-4-14)33-24(38)17(27)10-21(28)37/h7-9,11-15,17,31H,1-6,10,27H2,(H2,28,37)(H,32,35)(H,33,38)(H,29,34,39)/t14?,15?,17-/m1/s1. The lowest BCUT2D eigenvalue weighted by atomic mass is 9.91. The Morgan fingerprint density at radius 1 is 1.03 bits per heavy atom. The molecule has 3 amide bonds. The molecule has 0 radical (unpaired) electrons. The number of amides is 3. The van der Waals surface area contributed by atoms with Crippen LogP contribution in [0.15, 0.2) is 30.6 Å². The zero-order valence-corrected chi connectivity index (χ0v) is 21.9. The first-order chi connectivity index (χ1) is 18.7. The maximum absolute atomic E-state index is 13.1. The Morgan fingerprint density at radius 3 is 2.41 bits per heavy atom. The van der Waals surface area contributed by atoms with Gasteiger partial charge in [0.25, 0.3) is 5.91 Å². The molecule has 2 saturated carbocycles. The molecular weight excluding hydrogens is 524 g/mol. The fourth-order valence-corrected chi connectivity index (χ4v) is 4.81. The van der Waals surface area contributed by atoms with E-state index in [9.17, 15) is 14.4 Å². The number of carbonyl (C=O) groups excluding carboxylic acids is 3. The third-order valence-corrected chi connectivity index (χ3v) is 7.01. The van der Waals surface area contributed by atoms with Gasteiger partial charge in [0.2, 0.25) is 11.8 Å². The van der Waals surface area contributed by atoms with Crippen molar-refractivity contribution in [2.45, 2.75) is 69.1 Å². The van der Waals surface area contributed by atoms with E-state index in [0.29, 0.717) is 23.2 Å². The highest BCUT2D eigenvalue weighted by Crippen LogP contribution is 2.30. The van der Waals surface area contributed by atoms with Gasteiger partial charge in [-0.05, 0) is 50.7 Å². The molecule has 39 heavy (non-hydrogen) atoms. The van der Waals surface area contributed by atoms with Crippen molar-refractivity contribution in [2.75, 3.05) is 16.0 Å². The van der Waals surface area contributed by atoms with Gasteiger partial charge in [0.05, 0.1) is 24.3 Å². The lowest BCUT2D eigenvalue weighted by molar-refractivity contribution is -0.127. The lowest BCUT2D eigenvalue weighted by Gasteiger charge is -2.30. The largest absolute Gasteiger partial charge is 0.379 e. The van der Waals surface area contributed by atoms with Crippen molar-refractivity contribution in [1.29, 1.82) is 0 Å². The van der Waals surface area contributed by atoms with Crippen LogP contribution in [0.2, 0.25) is 5.15 Å². The molecule has 0 unspecified atom stereocenters. The fraction of sp³-hybridized carbons (Fsp3) is 0.440. The van der Waals surface area contributed by atoms with Crippen molar-refractivity contribution < 1.29 is 14.4 Å². The van der Waals surface area contributed by atoms with E-state index in [1.165, 1.54) is 16.9 Å². The van der Waals surface area contributed by atoms with Crippen LogP contribution in [0, 0.1) is 0 Å². The van der Waals surface area contributed by atoms with Crippen LogP contribution >= 0.6 is 11.6 Å². The predicted octanol–water partition coefficient (Wildman–Crippen LogP) is 1.65. The quantitative estimate of drug-likeness (QED) is 0.202. The molecule has 3 aromatic heterocycles. The first-order valence-electron chi connectivity index (χ1n) is 12.9. The zero-order chi connectivity index (χ0) is 27.5. The van der Waals surface area contributed by atoms with Crippen molar-refractivity contribution in [3.63, 3.8) is 0 Å². The Morgan fingerprint density at radius 2 is 1.72 bits per heavy atom. The minimum Gasteiger partial charge on any atom is -0.379 e. The van der Waals surface area contributed by atoms with E-state index >= 15 is 0 Å². The SMILES string of the molecule is NC(=O)C[C@@H](N)C(=O)NC1CCC(Nc2cc(NC3CC3)c3ncc(C(=O)Nc4ccnc(Cl)c4)n3n2)CC1. The van der Waals surface area contributed by atoms with E-state index < -0.39 is 11.9 Å². The van der Waals surface area contributed by atoms with Crippen LogP contribution in [0.25, 0.3) is 5.65 Å². The van der Waals surface area contributed by atoms with Gasteiger partial charge in [-0.3, -0.25) is 14.4 Å². The number of nitrogens with zero attached hydrogens (tertiary/aromatic N) is 4. The summed E-state index contributed by atoms with van der Waals surface area (Å²) in [5, 5.41) is 17.7. The molecule has 2 fully saturated rings. The first-order valence-corrected chi connectivity index (χ1v) is 13.3. The highest BCUT2D eigenvalue weighted by molar-refractivity contribution is 6.29. The molecule has 0 saturated heterocycles. The smallest absolute Gasteiger partial charge is 0.276 e. The molecule has 0 aliphatic heterocycles. The number of anilines is 3. The minimum absolute atomic E-state index is 0.0253. The monoisotopic (exact) mass is 554 g/mol. The van der Waals surface area contributed by atoms with Crippen LogP contribution in [0.4, 0.5) is 17.2 Å². The number of aromatic nitrogens is 4. The van der Waals surface area contributed by atoms with Crippen molar-refractivity contribution in [3.8, 4) is 0 Å². The van der Waals surface area contributed by atoms with E-state index in [1.54, 1.807) is 12.1 Å². The second-order valence-corrected chi connectivity index (χ2v) is 10.4. The maximum Gasteiger partial charge on any atom is 0.276 e. The number of pyridine rings is 1. The summed E-state index contributed by atoms with van der Waals surface area (Å²) in [6.45, 7) is 0. The number of carbonyl (C=O) groups is 3. The Kier molecular flexibility index (Phi) is 7.79. The molecule has 206 valence electrons. The molecular formula is C25H31ClN10O3. The number of imidazole rings is 1. The molecule has 3 heterocycles.